The first-order valence-corrected chi connectivity index (χ1v) is 8.85. The Bertz CT molecular complexity index is 918. The Morgan fingerprint density at radius 3 is 2.33 bits per heavy atom. The van der Waals surface area contributed by atoms with Crippen molar-refractivity contribution in [3.63, 3.8) is 0 Å². The number of carbonyl (C=O) groups is 1. The first-order valence-electron chi connectivity index (χ1n) is 8.47. The summed E-state index contributed by atoms with van der Waals surface area (Å²) < 4.78 is 5.77. The highest BCUT2D eigenvalue weighted by Gasteiger charge is 2.03. The van der Waals surface area contributed by atoms with Crippen LogP contribution in [0.1, 0.15) is 27.0 Å². The fourth-order valence-electron chi connectivity index (χ4n) is 2.33. The van der Waals surface area contributed by atoms with Crippen molar-refractivity contribution in [3.05, 3.63) is 100 Å². The van der Waals surface area contributed by atoms with E-state index in [2.05, 4.69) is 41.7 Å². The van der Waals surface area contributed by atoms with Crippen LogP contribution in [0.25, 0.3) is 0 Å². The molecule has 0 spiro atoms. The van der Waals surface area contributed by atoms with Gasteiger partial charge in [-0.2, -0.15) is 5.10 Å². The summed E-state index contributed by atoms with van der Waals surface area (Å²) >= 11 is 5.81. The van der Waals surface area contributed by atoms with Crippen molar-refractivity contribution in [3.8, 4) is 5.75 Å². The van der Waals surface area contributed by atoms with Crippen molar-refractivity contribution in [1.29, 1.82) is 0 Å². The molecule has 1 N–H and O–H groups in total. The van der Waals surface area contributed by atoms with Gasteiger partial charge in [-0.3, -0.25) is 4.79 Å². The Hall–Kier alpha value is -3.11. The summed E-state index contributed by atoms with van der Waals surface area (Å²) in [5.74, 6) is 0.485. The minimum Gasteiger partial charge on any atom is -0.489 e. The normalized spacial score (nSPS) is 10.7. The van der Waals surface area contributed by atoms with E-state index >= 15 is 0 Å². The van der Waals surface area contributed by atoms with Gasteiger partial charge in [-0.25, -0.2) is 5.43 Å². The lowest BCUT2D eigenvalue weighted by Gasteiger charge is -2.07. The molecule has 0 saturated carbocycles. The van der Waals surface area contributed by atoms with Gasteiger partial charge in [0.25, 0.3) is 5.91 Å². The van der Waals surface area contributed by atoms with Gasteiger partial charge in [0.2, 0.25) is 0 Å². The quantitative estimate of drug-likeness (QED) is 0.485. The third-order valence-corrected chi connectivity index (χ3v) is 4.14. The molecule has 3 aromatic carbocycles. The summed E-state index contributed by atoms with van der Waals surface area (Å²) in [5, 5.41) is 4.56. The SMILES string of the molecule is Cc1ccc(COc2ccc(/C=N\NC(=O)c3ccc(Cl)cc3)cc2)cc1. The molecule has 0 atom stereocenters. The second-order valence-corrected chi connectivity index (χ2v) is 6.49. The summed E-state index contributed by atoms with van der Waals surface area (Å²) in [7, 11) is 0. The van der Waals surface area contributed by atoms with E-state index in [1.165, 1.54) is 5.56 Å². The predicted molar refractivity (Wildman–Crippen MR) is 108 cm³/mol. The molecule has 27 heavy (non-hydrogen) atoms. The molecule has 0 aliphatic carbocycles. The lowest BCUT2D eigenvalue weighted by atomic mass is 10.2. The van der Waals surface area contributed by atoms with Crippen LogP contribution in [-0.4, -0.2) is 12.1 Å². The second kappa shape index (κ2) is 9.01. The van der Waals surface area contributed by atoms with Gasteiger partial charge in [-0.05, 0) is 66.6 Å². The minimum absolute atomic E-state index is 0.291. The lowest BCUT2D eigenvalue weighted by molar-refractivity contribution is 0.0955. The van der Waals surface area contributed by atoms with E-state index in [4.69, 9.17) is 16.3 Å². The van der Waals surface area contributed by atoms with Crippen molar-refractivity contribution in [2.24, 2.45) is 5.10 Å². The Balaban J connectivity index is 1.50. The molecule has 0 radical (unpaired) electrons. The maximum absolute atomic E-state index is 12.0. The Morgan fingerprint density at radius 2 is 1.67 bits per heavy atom. The number of hydrogen-bond acceptors (Lipinski definition) is 3. The number of hydrazone groups is 1. The van der Waals surface area contributed by atoms with Crippen LogP contribution < -0.4 is 10.2 Å². The summed E-state index contributed by atoms with van der Waals surface area (Å²) in [6.45, 7) is 2.58. The molecule has 5 heteroatoms. The number of halogens is 1. The monoisotopic (exact) mass is 378 g/mol. The molecule has 0 aromatic heterocycles. The van der Waals surface area contributed by atoms with Crippen molar-refractivity contribution < 1.29 is 9.53 Å². The zero-order valence-corrected chi connectivity index (χ0v) is 15.6. The summed E-state index contributed by atoms with van der Waals surface area (Å²) in [6, 6.07) is 22.4. The van der Waals surface area contributed by atoms with Gasteiger partial charge < -0.3 is 4.74 Å². The largest absolute Gasteiger partial charge is 0.489 e. The maximum Gasteiger partial charge on any atom is 0.271 e. The Labute approximate surface area is 163 Å². The molecule has 0 fully saturated rings. The molecule has 0 aliphatic rings. The number of rotatable bonds is 6. The molecule has 3 rings (SSSR count). The first-order chi connectivity index (χ1) is 13.1. The van der Waals surface area contributed by atoms with Crippen LogP contribution in [0.4, 0.5) is 0 Å². The number of nitrogens with one attached hydrogen (secondary N) is 1. The van der Waals surface area contributed by atoms with Crippen LogP contribution in [0.5, 0.6) is 5.75 Å². The average Bonchev–Trinajstić information content (AvgIpc) is 2.69. The van der Waals surface area contributed by atoms with E-state index in [-0.39, 0.29) is 5.91 Å². The summed E-state index contributed by atoms with van der Waals surface area (Å²) in [4.78, 5) is 12.0. The van der Waals surface area contributed by atoms with Crippen LogP contribution in [0, 0.1) is 6.92 Å². The molecule has 0 unspecified atom stereocenters. The molecule has 3 aromatic rings. The first kappa shape index (κ1) is 18.7. The Kier molecular flexibility index (Phi) is 6.23. The van der Waals surface area contributed by atoms with Gasteiger partial charge in [0.1, 0.15) is 12.4 Å². The van der Waals surface area contributed by atoms with Gasteiger partial charge in [-0.15, -0.1) is 0 Å². The summed E-state index contributed by atoms with van der Waals surface area (Å²) in [6.07, 6.45) is 1.58. The van der Waals surface area contributed by atoms with Crippen LogP contribution in [-0.2, 0) is 6.61 Å². The number of hydrogen-bond donors (Lipinski definition) is 1. The van der Waals surface area contributed by atoms with Crippen molar-refractivity contribution in [1.82, 2.24) is 5.43 Å². The van der Waals surface area contributed by atoms with Gasteiger partial charge in [0, 0.05) is 10.6 Å². The molecule has 1 amide bonds. The van der Waals surface area contributed by atoms with E-state index in [0.29, 0.717) is 17.2 Å². The number of nitrogens with zero attached hydrogens (tertiary/aromatic N) is 1. The third-order valence-electron chi connectivity index (χ3n) is 3.89. The number of aryl methyl sites for hydroxylation is 1. The second-order valence-electron chi connectivity index (χ2n) is 6.05. The standard InChI is InChI=1S/C22H19ClN2O2/c1-16-2-4-18(5-3-16)15-27-21-12-6-17(7-13-21)14-24-25-22(26)19-8-10-20(23)11-9-19/h2-14H,15H2,1H3,(H,25,26)/b24-14-. The van der Waals surface area contributed by atoms with Gasteiger partial charge >= 0.3 is 0 Å². The number of benzene rings is 3. The van der Waals surface area contributed by atoms with Crippen LogP contribution in [0.15, 0.2) is 77.9 Å². The van der Waals surface area contributed by atoms with Gasteiger partial charge in [0.05, 0.1) is 6.21 Å². The topological polar surface area (TPSA) is 50.7 Å². The zero-order valence-electron chi connectivity index (χ0n) is 14.9. The molecular weight excluding hydrogens is 360 g/mol. The van der Waals surface area contributed by atoms with Crippen molar-refractivity contribution in [2.75, 3.05) is 0 Å². The molecule has 0 bridgehead atoms. The smallest absolute Gasteiger partial charge is 0.271 e. The Morgan fingerprint density at radius 1 is 1.00 bits per heavy atom. The molecule has 136 valence electrons. The highest BCUT2D eigenvalue weighted by atomic mass is 35.5. The minimum atomic E-state index is -0.291. The fraction of sp³-hybridized carbons (Fsp3) is 0.0909. The molecule has 0 saturated heterocycles. The van der Waals surface area contributed by atoms with E-state index in [9.17, 15) is 4.79 Å². The summed E-state index contributed by atoms with van der Waals surface area (Å²) in [5.41, 5.74) is 6.19. The number of amides is 1. The number of carbonyl (C=O) groups excluding carboxylic acids is 1. The predicted octanol–water partition coefficient (Wildman–Crippen LogP) is 4.99. The maximum atomic E-state index is 12.0. The molecular formula is C22H19ClN2O2. The van der Waals surface area contributed by atoms with E-state index in [0.717, 1.165) is 16.9 Å². The van der Waals surface area contributed by atoms with Crippen molar-refractivity contribution in [2.45, 2.75) is 13.5 Å². The van der Waals surface area contributed by atoms with Crippen molar-refractivity contribution >= 4 is 23.7 Å². The molecule has 0 heterocycles. The van der Waals surface area contributed by atoms with Crippen LogP contribution >= 0.6 is 11.6 Å². The average molecular weight is 379 g/mol. The van der Waals surface area contributed by atoms with E-state index in [1.54, 1.807) is 30.5 Å². The van der Waals surface area contributed by atoms with Crippen LogP contribution in [0.3, 0.4) is 0 Å². The molecule has 0 aliphatic heterocycles. The third kappa shape index (κ3) is 5.69. The van der Waals surface area contributed by atoms with E-state index < -0.39 is 0 Å². The van der Waals surface area contributed by atoms with Gasteiger partial charge in [0.15, 0.2) is 0 Å². The fourth-order valence-corrected chi connectivity index (χ4v) is 2.46. The lowest BCUT2D eigenvalue weighted by Crippen LogP contribution is -2.17. The highest BCUT2D eigenvalue weighted by molar-refractivity contribution is 6.30. The molecule has 4 nitrogen and oxygen atoms in total. The van der Waals surface area contributed by atoms with E-state index in [1.807, 2.05) is 24.3 Å². The number of ether oxygens (including phenoxy) is 1. The zero-order chi connectivity index (χ0) is 19.1. The highest BCUT2D eigenvalue weighted by Crippen LogP contribution is 2.14. The van der Waals surface area contributed by atoms with Crippen LogP contribution in [0.2, 0.25) is 5.02 Å². The van der Waals surface area contributed by atoms with Gasteiger partial charge in [-0.1, -0.05) is 41.4 Å².